The molecule has 4 rings (SSSR count). The zero-order valence-electron chi connectivity index (χ0n) is 13.6. The standard InChI is InChI=1S/C16H15F3N6S/c17-16(18,19)14-23-12(11-4-8-26-13(11)24-14)22-10-3-1-7-25(9-10)15-20-5-2-6-21-15/h2,4-6,8,10H,1,3,7,9H2,(H,22,23,24). The van der Waals surface area contributed by atoms with Gasteiger partial charge < -0.3 is 10.2 Å². The first-order valence-corrected chi connectivity index (χ1v) is 8.99. The molecule has 1 fully saturated rings. The summed E-state index contributed by atoms with van der Waals surface area (Å²) in [7, 11) is 0. The van der Waals surface area contributed by atoms with Crippen LogP contribution >= 0.6 is 11.3 Å². The van der Waals surface area contributed by atoms with Crippen molar-refractivity contribution < 1.29 is 13.2 Å². The third-order valence-corrected chi connectivity index (χ3v) is 4.98. The minimum atomic E-state index is -4.58. The van der Waals surface area contributed by atoms with E-state index in [-0.39, 0.29) is 11.9 Å². The van der Waals surface area contributed by atoms with E-state index in [4.69, 9.17) is 0 Å². The number of anilines is 2. The molecule has 0 spiro atoms. The Hall–Kier alpha value is -2.49. The molecular formula is C16H15F3N6S. The van der Waals surface area contributed by atoms with Crippen LogP contribution in [0.15, 0.2) is 29.9 Å². The molecule has 3 aromatic rings. The van der Waals surface area contributed by atoms with Crippen LogP contribution < -0.4 is 10.2 Å². The van der Waals surface area contributed by atoms with Crippen LogP contribution in [0.25, 0.3) is 10.2 Å². The van der Waals surface area contributed by atoms with Gasteiger partial charge in [-0.2, -0.15) is 13.2 Å². The first-order valence-electron chi connectivity index (χ1n) is 8.11. The average molecular weight is 380 g/mol. The molecule has 1 saturated heterocycles. The molecule has 6 nitrogen and oxygen atoms in total. The van der Waals surface area contributed by atoms with Crippen LogP contribution in [0.5, 0.6) is 0 Å². The number of thiophene rings is 1. The van der Waals surface area contributed by atoms with E-state index >= 15 is 0 Å². The Kier molecular flexibility index (Phi) is 4.35. The minimum absolute atomic E-state index is 0.0494. The Balaban J connectivity index is 1.59. The first-order chi connectivity index (χ1) is 12.5. The summed E-state index contributed by atoms with van der Waals surface area (Å²) < 4.78 is 39.3. The van der Waals surface area contributed by atoms with Gasteiger partial charge in [-0.05, 0) is 30.4 Å². The summed E-state index contributed by atoms with van der Waals surface area (Å²) in [6.45, 7) is 1.41. The Morgan fingerprint density at radius 3 is 2.77 bits per heavy atom. The van der Waals surface area contributed by atoms with E-state index in [2.05, 4.69) is 25.3 Å². The van der Waals surface area contributed by atoms with Gasteiger partial charge in [0.25, 0.3) is 0 Å². The molecule has 0 saturated carbocycles. The highest BCUT2D eigenvalue weighted by Crippen LogP contribution is 2.33. The topological polar surface area (TPSA) is 66.8 Å². The van der Waals surface area contributed by atoms with E-state index in [1.165, 1.54) is 11.3 Å². The van der Waals surface area contributed by atoms with Crippen LogP contribution in [0.4, 0.5) is 24.9 Å². The lowest BCUT2D eigenvalue weighted by atomic mass is 10.1. The van der Waals surface area contributed by atoms with E-state index in [1.807, 2.05) is 4.90 Å². The van der Waals surface area contributed by atoms with Crippen molar-refractivity contribution in [1.29, 1.82) is 0 Å². The average Bonchev–Trinajstić information content (AvgIpc) is 3.11. The van der Waals surface area contributed by atoms with Gasteiger partial charge in [0.2, 0.25) is 11.8 Å². The summed E-state index contributed by atoms with van der Waals surface area (Å²) in [5.74, 6) is -0.267. The number of piperidine rings is 1. The molecule has 3 aromatic heterocycles. The lowest BCUT2D eigenvalue weighted by molar-refractivity contribution is -0.144. The molecule has 0 aliphatic carbocycles. The van der Waals surface area contributed by atoms with E-state index in [0.29, 0.717) is 22.7 Å². The van der Waals surface area contributed by atoms with Gasteiger partial charge in [-0.1, -0.05) is 0 Å². The summed E-state index contributed by atoms with van der Waals surface area (Å²) in [6.07, 6.45) is 0.494. The summed E-state index contributed by atoms with van der Waals surface area (Å²) >= 11 is 1.17. The summed E-state index contributed by atoms with van der Waals surface area (Å²) in [6, 6.07) is 3.44. The Labute approximate surface area is 151 Å². The monoisotopic (exact) mass is 380 g/mol. The number of alkyl halides is 3. The second-order valence-corrected chi connectivity index (χ2v) is 6.91. The molecule has 1 unspecified atom stereocenters. The van der Waals surface area contributed by atoms with E-state index in [9.17, 15) is 13.2 Å². The lowest BCUT2D eigenvalue weighted by Gasteiger charge is -2.33. The van der Waals surface area contributed by atoms with Gasteiger partial charge in [0.1, 0.15) is 10.6 Å². The summed E-state index contributed by atoms with van der Waals surface area (Å²) in [4.78, 5) is 18.2. The van der Waals surface area contributed by atoms with Gasteiger partial charge >= 0.3 is 6.18 Å². The van der Waals surface area contributed by atoms with Crippen LogP contribution in [-0.2, 0) is 6.18 Å². The molecule has 1 atom stereocenters. The SMILES string of the molecule is FC(F)(F)c1nc(NC2CCCN(c3ncccn3)C2)c2ccsc2n1. The van der Waals surface area contributed by atoms with Crippen molar-refractivity contribution in [2.45, 2.75) is 25.1 Å². The maximum atomic E-state index is 13.1. The third-order valence-electron chi connectivity index (χ3n) is 4.18. The van der Waals surface area contributed by atoms with Gasteiger partial charge in [-0.3, -0.25) is 0 Å². The van der Waals surface area contributed by atoms with Crippen molar-refractivity contribution in [3.63, 3.8) is 0 Å². The Morgan fingerprint density at radius 1 is 1.19 bits per heavy atom. The van der Waals surface area contributed by atoms with Gasteiger partial charge in [-0.15, -0.1) is 11.3 Å². The Morgan fingerprint density at radius 2 is 2.00 bits per heavy atom. The maximum Gasteiger partial charge on any atom is 0.451 e. The predicted molar refractivity (Wildman–Crippen MR) is 93.3 cm³/mol. The van der Waals surface area contributed by atoms with Crippen molar-refractivity contribution in [2.24, 2.45) is 0 Å². The van der Waals surface area contributed by atoms with E-state index in [1.54, 1.807) is 29.9 Å². The second-order valence-electron chi connectivity index (χ2n) is 6.01. The summed E-state index contributed by atoms with van der Waals surface area (Å²) in [5.41, 5.74) is 0. The molecule has 136 valence electrons. The van der Waals surface area contributed by atoms with Gasteiger partial charge in [0, 0.05) is 31.5 Å². The minimum Gasteiger partial charge on any atom is -0.365 e. The highest BCUT2D eigenvalue weighted by Gasteiger charge is 2.36. The van der Waals surface area contributed by atoms with Crippen LogP contribution in [0.2, 0.25) is 0 Å². The molecule has 0 bridgehead atoms. The van der Waals surface area contributed by atoms with Crippen LogP contribution in [0, 0.1) is 0 Å². The van der Waals surface area contributed by atoms with Crippen molar-refractivity contribution >= 4 is 33.3 Å². The zero-order chi connectivity index (χ0) is 18.1. The normalized spacial score (nSPS) is 18.3. The summed E-state index contributed by atoms with van der Waals surface area (Å²) in [5, 5.41) is 5.51. The first kappa shape index (κ1) is 17.0. The largest absolute Gasteiger partial charge is 0.451 e. The number of fused-ring (bicyclic) bond motifs is 1. The molecule has 0 radical (unpaired) electrons. The number of halogens is 3. The number of hydrogen-bond donors (Lipinski definition) is 1. The fourth-order valence-corrected chi connectivity index (χ4v) is 3.78. The number of nitrogens with one attached hydrogen (secondary N) is 1. The zero-order valence-corrected chi connectivity index (χ0v) is 14.4. The molecule has 4 heterocycles. The number of aromatic nitrogens is 4. The van der Waals surface area contributed by atoms with Gasteiger partial charge in [0.15, 0.2) is 0 Å². The van der Waals surface area contributed by atoms with Crippen molar-refractivity contribution in [2.75, 3.05) is 23.3 Å². The fraction of sp³-hybridized carbons (Fsp3) is 0.375. The van der Waals surface area contributed by atoms with Crippen molar-refractivity contribution in [3.05, 3.63) is 35.7 Å². The molecule has 1 aliphatic rings. The predicted octanol–water partition coefficient (Wildman–Crippen LogP) is 3.58. The van der Waals surface area contributed by atoms with Crippen LogP contribution in [0.1, 0.15) is 18.7 Å². The number of nitrogens with zero attached hydrogens (tertiary/aromatic N) is 5. The fourth-order valence-electron chi connectivity index (χ4n) is 3.02. The molecule has 0 aromatic carbocycles. The highest BCUT2D eigenvalue weighted by molar-refractivity contribution is 7.16. The van der Waals surface area contributed by atoms with Crippen molar-refractivity contribution in [3.8, 4) is 0 Å². The molecule has 0 amide bonds. The molecular weight excluding hydrogens is 365 g/mol. The molecule has 1 aliphatic heterocycles. The van der Waals surface area contributed by atoms with Gasteiger partial charge in [0.05, 0.1) is 5.39 Å². The van der Waals surface area contributed by atoms with Crippen LogP contribution in [0.3, 0.4) is 0 Å². The van der Waals surface area contributed by atoms with E-state index in [0.717, 1.165) is 19.4 Å². The number of hydrogen-bond acceptors (Lipinski definition) is 7. The Bertz CT molecular complexity index is 898. The second kappa shape index (κ2) is 6.67. The van der Waals surface area contributed by atoms with Gasteiger partial charge in [-0.25, -0.2) is 19.9 Å². The van der Waals surface area contributed by atoms with E-state index < -0.39 is 12.0 Å². The van der Waals surface area contributed by atoms with Crippen LogP contribution in [-0.4, -0.2) is 39.1 Å². The smallest absolute Gasteiger partial charge is 0.365 e. The maximum absolute atomic E-state index is 13.1. The molecule has 10 heteroatoms. The third kappa shape index (κ3) is 3.41. The molecule has 26 heavy (non-hydrogen) atoms. The highest BCUT2D eigenvalue weighted by atomic mass is 32.1. The lowest BCUT2D eigenvalue weighted by Crippen LogP contribution is -2.43. The number of rotatable bonds is 3. The van der Waals surface area contributed by atoms with Crippen molar-refractivity contribution in [1.82, 2.24) is 19.9 Å². The quantitative estimate of drug-likeness (QED) is 0.749. The molecule has 1 N–H and O–H groups in total.